The lowest BCUT2D eigenvalue weighted by atomic mass is 10.0. The van der Waals surface area contributed by atoms with Crippen LogP contribution in [0.1, 0.15) is 25.7 Å². The van der Waals surface area contributed by atoms with E-state index in [0.29, 0.717) is 18.2 Å². The maximum atomic E-state index is 6.23. The Balaban J connectivity index is 1.34. The predicted molar refractivity (Wildman–Crippen MR) is 97.6 cm³/mol. The first-order valence-electron chi connectivity index (χ1n) is 8.68. The molecule has 3 atom stereocenters. The smallest absolute Gasteiger partial charge is 0.273 e. The molecule has 2 aliphatic heterocycles. The van der Waals surface area contributed by atoms with Crippen molar-refractivity contribution in [1.29, 1.82) is 0 Å². The van der Waals surface area contributed by atoms with Crippen LogP contribution in [0.3, 0.4) is 0 Å². The topological polar surface area (TPSA) is 41.1 Å². The molecule has 5 heteroatoms. The Morgan fingerprint density at radius 1 is 1.21 bits per heavy atom. The van der Waals surface area contributed by atoms with Crippen molar-refractivity contribution in [3.8, 4) is 15.6 Å². The monoisotopic (exact) mass is 339 g/mol. The van der Waals surface area contributed by atoms with Gasteiger partial charge in [0.1, 0.15) is 6.10 Å². The fourth-order valence-electron chi connectivity index (χ4n) is 4.25. The average Bonchev–Trinajstić information content (AvgIpc) is 3.27. The summed E-state index contributed by atoms with van der Waals surface area (Å²) in [6, 6.07) is 9.98. The number of thiazole rings is 1. The second kappa shape index (κ2) is 5.60. The van der Waals surface area contributed by atoms with Crippen LogP contribution in [-0.2, 0) is 0 Å². The fraction of sp³-hybridized carbons (Fsp3) is 0.421. The number of fused-ring (bicyclic) bond motifs is 3. The third kappa shape index (κ3) is 2.43. The lowest BCUT2D eigenvalue weighted by molar-refractivity contribution is 0.0660. The number of nitrogens with zero attached hydrogens (tertiary/aromatic N) is 2. The van der Waals surface area contributed by atoms with E-state index >= 15 is 0 Å². The van der Waals surface area contributed by atoms with Crippen LogP contribution in [0, 0.1) is 0 Å². The maximum absolute atomic E-state index is 6.23. The Kier molecular flexibility index (Phi) is 3.38. The van der Waals surface area contributed by atoms with Crippen LogP contribution in [0.5, 0.6) is 5.19 Å². The molecule has 4 heterocycles. The Labute approximate surface area is 145 Å². The van der Waals surface area contributed by atoms with Crippen molar-refractivity contribution in [3.05, 3.63) is 36.7 Å². The lowest BCUT2D eigenvalue weighted by Crippen LogP contribution is -2.43. The van der Waals surface area contributed by atoms with Gasteiger partial charge in [0.15, 0.2) is 0 Å². The molecule has 5 rings (SSSR count). The molecular weight excluding hydrogens is 318 g/mol. The van der Waals surface area contributed by atoms with Gasteiger partial charge in [-0.15, -0.1) is 0 Å². The number of ether oxygens (including phenoxy) is 1. The molecule has 2 aliphatic rings. The van der Waals surface area contributed by atoms with Crippen LogP contribution < -0.4 is 4.74 Å². The number of rotatable bonds is 3. The van der Waals surface area contributed by atoms with Gasteiger partial charge in [-0.05, 0) is 61.9 Å². The molecular formula is C19H21N3OS. The summed E-state index contributed by atoms with van der Waals surface area (Å²) in [6.07, 6.45) is 9.15. The van der Waals surface area contributed by atoms with E-state index in [0.717, 1.165) is 18.0 Å². The number of aromatic amines is 1. The largest absolute Gasteiger partial charge is 0.467 e. The molecule has 24 heavy (non-hydrogen) atoms. The normalized spacial score (nSPS) is 27.0. The highest BCUT2D eigenvalue weighted by Gasteiger charge is 2.39. The summed E-state index contributed by atoms with van der Waals surface area (Å²) >= 11 is 1.66. The van der Waals surface area contributed by atoms with Crippen LogP contribution in [0.4, 0.5) is 0 Å². The van der Waals surface area contributed by atoms with Crippen LogP contribution in [0.25, 0.3) is 21.3 Å². The van der Waals surface area contributed by atoms with Crippen LogP contribution in [0.15, 0.2) is 36.7 Å². The van der Waals surface area contributed by atoms with Crippen molar-refractivity contribution < 1.29 is 4.74 Å². The average molecular weight is 339 g/mol. The molecule has 2 aromatic heterocycles. The highest BCUT2D eigenvalue weighted by atomic mass is 32.1. The quantitative estimate of drug-likeness (QED) is 0.774. The highest BCUT2D eigenvalue weighted by molar-refractivity contribution is 7.16. The maximum Gasteiger partial charge on any atom is 0.273 e. The molecule has 0 aliphatic carbocycles. The van der Waals surface area contributed by atoms with E-state index in [4.69, 9.17) is 4.74 Å². The molecule has 1 aromatic carbocycles. The van der Waals surface area contributed by atoms with E-state index in [9.17, 15) is 0 Å². The third-order valence-electron chi connectivity index (χ3n) is 5.64. The van der Waals surface area contributed by atoms with Crippen molar-refractivity contribution in [2.24, 2.45) is 0 Å². The van der Waals surface area contributed by atoms with E-state index in [1.54, 1.807) is 11.3 Å². The SMILES string of the molecule is CN1C2CC[C@H]1CC(Oc1ncc(-c3ccc4[nH]ccc4c3)s1)C2. The molecule has 124 valence electrons. The molecule has 0 spiro atoms. The first-order valence-corrected chi connectivity index (χ1v) is 9.50. The number of benzene rings is 1. The third-order valence-corrected chi connectivity index (χ3v) is 6.58. The van der Waals surface area contributed by atoms with Gasteiger partial charge in [-0.3, -0.25) is 0 Å². The molecule has 1 N–H and O–H groups in total. The highest BCUT2D eigenvalue weighted by Crippen LogP contribution is 2.38. The number of H-pyrrole nitrogens is 1. The van der Waals surface area contributed by atoms with Gasteiger partial charge in [-0.1, -0.05) is 17.4 Å². The van der Waals surface area contributed by atoms with Crippen molar-refractivity contribution in [1.82, 2.24) is 14.9 Å². The summed E-state index contributed by atoms with van der Waals surface area (Å²) in [5.41, 5.74) is 2.37. The van der Waals surface area contributed by atoms with Gasteiger partial charge in [-0.2, -0.15) is 0 Å². The zero-order valence-electron chi connectivity index (χ0n) is 13.7. The molecule has 0 amide bonds. The van der Waals surface area contributed by atoms with Gasteiger partial charge < -0.3 is 14.6 Å². The molecule has 2 saturated heterocycles. The second-order valence-corrected chi connectivity index (χ2v) is 8.03. The Hall–Kier alpha value is -1.85. The van der Waals surface area contributed by atoms with Gasteiger partial charge >= 0.3 is 0 Å². The predicted octanol–water partition coefficient (Wildman–Crippen LogP) is 4.30. The van der Waals surface area contributed by atoms with Gasteiger partial charge in [-0.25, -0.2) is 4.98 Å². The molecule has 4 nitrogen and oxygen atoms in total. The number of hydrogen-bond acceptors (Lipinski definition) is 4. The van der Waals surface area contributed by atoms with Gasteiger partial charge in [0, 0.05) is 30.0 Å². The summed E-state index contributed by atoms with van der Waals surface area (Å²) in [4.78, 5) is 11.5. The number of piperidine rings is 1. The summed E-state index contributed by atoms with van der Waals surface area (Å²) in [7, 11) is 2.26. The summed E-state index contributed by atoms with van der Waals surface area (Å²) in [6.45, 7) is 0. The first kappa shape index (κ1) is 14.5. The number of nitrogens with one attached hydrogen (secondary N) is 1. The fourth-order valence-corrected chi connectivity index (χ4v) is 5.08. The van der Waals surface area contributed by atoms with Crippen LogP contribution in [0.2, 0.25) is 0 Å². The van der Waals surface area contributed by atoms with Crippen molar-refractivity contribution in [3.63, 3.8) is 0 Å². The molecule has 2 fully saturated rings. The number of hydrogen-bond donors (Lipinski definition) is 1. The number of aromatic nitrogens is 2. The van der Waals surface area contributed by atoms with Crippen molar-refractivity contribution in [2.75, 3.05) is 7.05 Å². The minimum absolute atomic E-state index is 0.324. The minimum atomic E-state index is 0.324. The summed E-state index contributed by atoms with van der Waals surface area (Å²) in [5, 5.41) is 2.04. The van der Waals surface area contributed by atoms with Crippen LogP contribution >= 0.6 is 11.3 Å². The second-order valence-electron chi connectivity index (χ2n) is 7.03. The van der Waals surface area contributed by atoms with Crippen molar-refractivity contribution in [2.45, 2.75) is 43.9 Å². The molecule has 0 saturated carbocycles. The van der Waals surface area contributed by atoms with Crippen molar-refractivity contribution >= 4 is 22.2 Å². The van der Waals surface area contributed by atoms with Crippen LogP contribution in [-0.4, -0.2) is 40.1 Å². The first-order chi connectivity index (χ1) is 11.8. The van der Waals surface area contributed by atoms with E-state index in [2.05, 4.69) is 46.2 Å². The van der Waals surface area contributed by atoms with Gasteiger partial charge in [0.25, 0.3) is 5.19 Å². The van der Waals surface area contributed by atoms with E-state index in [-0.39, 0.29) is 0 Å². The Morgan fingerprint density at radius 2 is 2.04 bits per heavy atom. The minimum Gasteiger partial charge on any atom is -0.467 e. The Morgan fingerprint density at radius 3 is 2.88 bits per heavy atom. The summed E-state index contributed by atoms with van der Waals surface area (Å²) < 4.78 is 6.23. The van der Waals surface area contributed by atoms with E-state index in [1.165, 1.54) is 34.2 Å². The molecule has 3 aromatic rings. The summed E-state index contributed by atoms with van der Waals surface area (Å²) in [5.74, 6) is 0. The molecule has 2 unspecified atom stereocenters. The van der Waals surface area contributed by atoms with Gasteiger partial charge in [0.2, 0.25) is 0 Å². The Bertz CT molecular complexity index is 856. The molecule has 2 bridgehead atoms. The lowest BCUT2D eigenvalue weighted by Gasteiger charge is -2.35. The molecule has 0 radical (unpaired) electrons. The zero-order chi connectivity index (χ0) is 16.1. The van der Waals surface area contributed by atoms with E-state index < -0.39 is 0 Å². The van der Waals surface area contributed by atoms with Gasteiger partial charge in [0.05, 0.1) is 4.88 Å². The van der Waals surface area contributed by atoms with E-state index in [1.807, 2.05) is 12.4 Å². The zero-order valence-corrected chi connectivity index (χ0v) is 14.6. The standard InChI is InChI=1S/C19H21N3OS/c1-22-14-3-4-15(22)10-16(9-14)23-19-21-11-18(24-19)13-2-5-17-12(8-13)6-7-20-17/h2,5-8,11,14-16,20H,3-4,9-10H2,1H3/t14-,15?,16?/m0/s1.